The van der Waals surface area contributed by atoms with Crippen molar-refractivity contribution in [3.63, 3.8) is 0 Å². The maximum Gasteiger partial charge on any atom is 0.165 e. The zero-order valence-electron chi connectivity index (χ0n) is 10.9. The highest BCUT2D eigenvalue weighted by Gasteiger charge is 2.25. The molecule has 1 nitrogen and oxygen atoms in total. The molecule has 1 aromatic rings. The summed E-state index contributed by atoms with van der Waals surface area (Å²) in [4.78, 5) is 12.4. The van der Waals surface area contributed by atoms with E-state index in [1.807, 2.05) is 12.1 Å². The summed E-state index contributed by atoms with van der Waals surface area (Å²) in [5.74, 6) is 1.35. The molecule has 1 fully saturated rings. The Labute approximate surface area is 104 Å². The molecule has 1 aliphatic carbocycles. The number of Topliss-reactive ketones (excluding diaryl/α,β-unsaturated/α-hetero) is 1. The first-order valence-corrected chi connectivity index (χ1v) is 6.84. The number of benzene rings is 1. The summed E-state index contributed by atoms with van der Waals surface area (Å²) in [6.07, 6.45) is 5.67. The second kappa shape index (κ2) is 5.48. The van der Waals surface area contributed by atoms with Gasteiger partial charge in [0.1, 0.15) is 0 Å². The van der Waals surface area contributed by atoms with Crippen LogP contribution in [0.25, 0.3) is 0 Å². The lowest BCUT2D eigenvalue weighted by atomic mass is 9.78. The van der Waals surface area contributed by atoms with E-state index in [4.69, 9.17) is 0 Å². The number of hydrogen-bond acceptors (Lipinski definition) is 1. The fraction of sp³-hybridized carbons (Fsp3) is 0.562. The average molecular weight is 230 g/mol. The molecule has 0 amide bonds. The molecule has 0 N–H and O–H groups in total. The summed E-state index contributed by atoms with van der Waals surface area (Å²) >= 11 is 0. The SMILES string of the molecule is CCc1cccc(C(=O)C2CCCC(C)C2)c1. The molecule has 17 heavy (non-hydrogen) atoms. The van der Waals surface area contributed by atoms with Gasteiger partial charge in [-0.15, -0.1) is 0 Å². The molecule has 1 saturated carbocycles. The third-order valence-electron chi connectivity index (χ3n) is 3.93. The second-order valence-corrected chi connectivity index (χ2v) is 5.39. The fourth-order valence-corrected chi connectivity index (χ4v) is 2.85. The molecule has 0 bridgehead atoms. The second-order valence-electron chi connectivity index (χ2n) is 5.39. The summed E-state index contributed by atoms with van der Waals surface area (Å²) < 4.78 is 0. The van der Waals surface area contributed by atoms with Gasteiger partial charge in [-0.3, -0.25) is 4.79 Å². The Morgan fingerprint density at radius 1 is 1.35 bits per heavy atom. The van der Waals surface area contributed by atoms with Gasteiger partial charge in [0.05, 0.1) is 0 Å². The van der Waals surface area contributed by atoms with E-state index in [9.17, 15) is 4.79 Å². The van der Waals surface area contributed by atoms with E-state index in [2.05, 4.69) is 26.0 Å². The van der Waals surface area contributed by atoms with Crippen LogP contribution in [0.15, 0.2) is 24.3 Å². The van der Waals surface area contributed by atoms with Gasteiger partial charge in [0.15, 0.2) is 5.78 Å². The smallest absolute Gasteiger partial charge is 0.165 e. The molecular formula is C16H22O. The van der Waals surface area contributed by atoms with Crippen molar-refractivity contribution in [3.8, 4) is 0 Å². The Morgan fingerprint density at radius 3 is 2.88 bits per heavy atom. The van der Waals surface area contributed by atoms with Crippen molar-refractivity contribution in [1.82, 2.24) is 0 Å². The summed E-state index contributed by atoms with van der Waals surface area (Å²) in [6.45, 7) is 4.40. The van der Waals surface area contributed by atoms with E-state index < -0.39 is 0 Å². The van der Waals surface area contributed by atoms with Crippen LogP contribution in [0.4, 0.5) is 0 Å². The molecule has 92 valence electrons. The molecule has 0 aromatic heterocycles. The van der Waals surface area contributed by atoms with Crippen LogP contribution in [-0.2, 0) is 6.42 Å². The van der Waals surface area contributed by atoms with Gasteiger partial charge in [-0.2, -0.15) is 0 Å². The Balaban J connectivity index is 2.12. The number of carbonyl (C=O) groups is 1. The van der Waals surface area contributed by atoms with Crippen LogP contribution in [0, 0.1) is 11.8 Å². The van der Waals surface area contributed by atoms with E-state index in [-0.39, 0.29) is 5.92 Å². The van der Waals surface area contributed by atoms with Crippen molar-refractivity contribution in [2.24, 2.45) is 11.8 Å². The zero-order valence-corrected chi connectivity index (χ0v) is 10.9. The lowest BCUT2D eigenvalue weighted by Crippen LogP contribution is -2.21. The van der Waals surface area contributed by atoms with E-state index in [0.717, 1.165) is 24.8 Å². The summed E-state index contributed by atoms with van der Waals surface area (Å²) in [6, 6.07) is 8.15. The van der Waals surface area contributed by atoms with Gasteiger partial charge < -0.3 is 0 Å². The molecule has 0 radical (unpaired) electrons. The van der Waals surface area contributed by atoms with E-state index in [1.54, 1.807) is 0 Å². The zero-order chi connectivity index (χ0) is 12.3. The topological polar surface area (TPSA) is 17.1 Å². The molecule has 2 rings (SSSR count). The summed E-state index contributed by atoms with van der Waals surface area (Å²) in [5.41, 5.74) is 2.18. The Morgan fingerprint density at radius 2 is 2.18 bits per heavy atom. The van der Waals surface area contributed by atoms with Crippen LogP contribution >= 0.6 is 0 Å². The van der Waals surface area contributed by atoms with Crippen LogP contribution in [0.3, 0.4) is 0 Å². The van der Waals surface area contributed by atoms with Gasteiger partial charge in [-0.05, 0) is 36.8 Å². The number of carbonyl (C=O) groups excluding carboxylic acids is 1. The number of rotatable bonds is 3. The van der Waals surface area contributed by atoms with Gasteiger partial charge in [-0.25, -0.2) is 0 Å². The van der Waals surface area contributed by atoms with Crippen molar-refractivity contribution < 1.29 is 4.79 Å². The fourth-order valence-electron chi connectivity index (χ4n) is 2.85. The largest absolute Gasteiger partial charge is 0.294 e. The highest BCUT2D eigenvalue weighted by Crippen LogP contribution is 2.31. The molecule has 2 unspecified atom stereocenters. The standard InChI is InChI=1S/C16H22O/c1-3-13-7-5-9-15(11-13)16(17)14-8-4-6-12(2)10-14/h5,7,9,11-12,14H,3-4,6,8,10H2,1-2H3. The highest BCUT2D eigenvalue weighted by molar-refractivity contribution is 5.98. The Kier molecular flexibility index (Phi) is 3.98. The number of aryl methyl sites for hydroxylation is 1. The first-order valence-electron chi connectivity index (χ1n) is 6.84. The van der Waals surface area contributed by atoms with Gasteiger partial charge in [0.2, 0.25) is 0 Å². The molecule has 0 spiro atoms. The molecule has 1 aliphatic rings. The highest BCUT2D eigenvalue weighted by atomic mass is 16.1. The van der Waals surface area contributed by atoms with E-state index in [1.165, 1.54) is 18.4 Å². The minimum absolute atomic E-state index is 0.269. The summed E-state index contributed by atoms with van der Waals surface area (Å²) in [7, 11) is 0. The van der Waals surface area contributed by atoms with Gasteiger partial charge >= 0.3 is 0 Å². The van der Waals surface area contributed by atoms with Crippen molar-refractivity contribution in [2.45, 2.75) is 46.0 Å². The molecule has 0 heterocycles. The van der Waals surface area contributed by atoms with E-state index >= 15 is 0 Å². The quantitative estimate of drug-likeness (QED) is 0.709. The molecule has 1 aromatic carbocycles. The molecular weight excluding hydrogens is 208 g/mol. The van der Waals surface area contributed by atoms with Crippen LogP contribution < -0.4 is 0 Å². The van der Waals surface area contributed by atoms with Crippen LogP contribution in [0.1, 0.15) is 55.5 Å². The maximum atomic E-state index is 12.4. The van der Waals surface area contributed by atoms with Gasteiger partial charge in [0, 0.05) is 11.5 Å². The number of ketones is 1. The Hall–Kier alpha value is -1.11. The van der Waals surface area contributed by atoms with Gasteiger partial charge in [0.25, 0.3) is 0 Å². The first kappa shape index (κ1) is 12.3. The Bertz CT molecular complexity index is 394. The van der Waals surface area contributed by atoms with Crippen molar-refractivity contribution in [2.75, 3.05) is 0 Å². The third-order valence-corrected chi connectivity index (χ3v) is 3.93. The predicted octanol–water partition coefficient (Wildman–Crippen LogP) is 4.26. The monoisotopic (exact) mass is 230 g/mol. The predicted molar refractivity (Wildman–Crippen MR) is 71.3 cm³/mol. The minimum atomic E-state index is 0.269. The molecule has 0 aliphatic heterocycles. The summed E-state index contributed by atoms with van der Waals surface area (Å²) in [5, 5.41) is 0. The van der Waals surface area contributed by atoms with E-state index in [0.29, 0.717) is 11.7 Å². The van der Waals surface area contributed by atoms with Crippen LogP contribution in [-0.4, -0.2) is 5.78 Å². The lowest BCUT2D eigenvalue weighted by Gasteiger charge is -2.25. The minimum Gasteiger partial charge on any atom is -0.294 e. The van der Waals surface area contributed by atoms with Crippen LogP contribution in [0.5, 0.6) is 0 Å². The van der Waals surface area contributed by atoms with Crippen molar-refractivity contribution >= 4 is 5.78 Å². The first-order chi connectivity index (χ1) is 8.20. The van der Waals surface area contributed by atoms with Gasteiger partial charge in [-0.1, -0.05) is 44.9 Å². The lowest BCUT2D eigenvalue weighted by molar-refractivity contribution is 0.0868. The maximum absolute atomic E-state index is 12.4. The van der Waals surface area contributed by atoms with Crippen LogP contribution in [0.2, 0.25) is 0 Å². The number of hydrogen-bond donors (Lipinski definition) is 0. The normalized spacial score (nSPS) is 24.6. The average Bonchev–Trinajstić information content (AvgIpc) is 2.38. The molecule has 0 saturated heterocycles. The third kappa shape index (κ3) is 2.96. The molecule has 1 heteroatoms. The van der Waals surface area contributed by atoms with Crippen molar-refractivity contribution in [1.29, 1.82) is 0 Å². The van der Waals surface area contributed by atoms with Crippen molar-refractivity contribution in [3.05, 3.63) is 35.4 Å². The molecule has 2 atom stereocenters.